The molecule has 1 aromatic heterocycles. The number of aryl methyl sites for hydroxylation is 1. The number of aromatic nitrogens is 2. The maximum Gasteiger partial charge on any atom is 0.279 e. The number of ether oxygens (including phenoxy) is 3. The molecular formula is C30H33N3O4. The van der Waals surface area contributed by atoms with E-state index in [-0.39, 0.29) is 5.56 Å². The predicted octanol–water partition coefficient (Wildman–Crippen LogP) is 5.11. The SMILES string of the molecule is C=Cc1cc(OC)cc(-c2nn(-c3cc(N4CCOCC4)ccc3C)c(=O)c3ccccc23)c1.COC. The van der Waals surface area contributed by atoms with Crippen LogP contribution in [0.5, 0.6) is 5.75 Å². The van der Waals surface area contributed by atoms with E-state index < -0.39 is 0 Å². The van der Waals surface area contributed by atoms with Crippen molar-refractivity contribution in [2.75, 3.05) is 52.5 Å². The predicted molar refractivity (Wildman–Crippen MR) is 150 cm³/mol. The summed E-state index contributed by atoms with van der Waals surface area (Å²) in [7, 11) is 4.89. The molecule has 0 spiro atoms. The molecule has 0 bridgehead atoms. The highest BCUT2D eigenvalue weighted by molar-refractivity contribution is 5.94. The molecule has 0 unspecified atom stereocenters. The monoisotopic (exact) mass is 499 g/mol. The Balaban J connectivity index is 0.00000102. The fourth-order valence-corrected chi connectivity index (χ4v) is 4.40. The van der Waals surface area contributed by atoms with Crippen molar-refractivity contribution in [1.29, 1.82) is 0 Å². The van der Waals surface area contributed by atoms with Gasteiger partial charge >= 0.3 is 0 Å². The number of hydrogen-bond donors (Lipinski definition) is 0. The first kappa shape index (κ1) is 26.1. The molecule has 1 aliphatic rings. The van der Waals surface area contributed by atoms with Crippen LogP contribution >= 0.6 is 0 Å². The molecule has 7 heteroatoms. The van der Waals surface area contributed by atoms with Gasteiger partial charge in [0.15, 0.2) is 0 Å². The van der Waals surface area contributed by atoms with E-state index >= 15 is 0 Å². The summed E-state index contributed by atoms with van der Waals surface area (Å²) < 4.78 is 16.8. The Morgan fingerprint density at radius 2 is 1.68 bits per heavy atom. The lowest BCUT2D eigenvalue weighted by Crippen LogP contribution is -2.36. The first-order valence-electron chi connectivity index (χ1n) is 12.2. The van der Waals surface area contributed by atoms with Gasteiger partial charge in [-0.25, -0.2) is 0 Å². The van der Waals surface area contributed by atoms with Gasteiger partial charge in [-0.05, 0) is 54.4 Å². The third-order valence-electron chi connectivity index (χ3n) is 6.28. The largest absolute Gasteiger partial charge is 0.497 e. The zero-order chi connectivity index (χ0) is 26.4. The minimum Gasteiger partial charge on any atom is -0.497 e. The lowest BCUT2D eigenvalue weighted by atomic mass is 10.0. The number of anilines is 1. The summed E-state index contributed by atoms with van der Waals surface area (Å²) in [5, 5.41) is 6.33. The van der Waals surface area contributed by atoms with Crippen molar-refractivity contribution in [3.8, 4) is 22.7 Å². The summed E-state index contributed by atoms with van der Waals surface area (Å²) in [6, 6.07) is 19.7. The van der Waals surface area contributed by atoms with E-state index in [9.17, 15) is 4.79 Å². The number of rotatable bonds is 5. The van der Waals surface area contributed by atoms with Crippen LogP contribution in [-0.2, 0) is 9.47 Å². The maximum atomic E-state index is 13.6. The third kappa shape index (κ3) is 5.58. The van der Waals surface area contributed by atoms with E-state index in [0.29, 0.717) is 30.0 Å². The standard InChI is InChI=1S/C28H27N3O3.C2H6O/c1-4-20-15-21(17-23(16-20)33-3)27-24-7-5-6-8-25(24)28(32)31(29-27)26-18-22(10-9-19(26)2)30-11-13-34-14-12-30;1-3-2/h4-10,15-18H,1,11-14H2,2-3H3;1-2H3. The molecule has 0 atom stereocenters. The molecule has 4 aromatic rings. The van der Waals surface area contributed by atoms with Gasteiger partial charge in [-0.15, -0.1) is 0 Å². The molecule has 0 N–H and O–H groups in total. The van der Waals surface area contributed by atoms with Crippen molar-refractivity contribution in [3.63, 3.8) is 0 Å². The van der Waals surface area contributed by atoms with Crippen LogP contribution in [0.2, 0.25) is 0 Å². The van der Waals surface area contributed by atoms with Crippen LogP contribution in [0.25, 0.3) is 33.8 Å². The molecule has 1 fully saturated rings. The van der Waals surface area contributed by atoms with Crippen molar-refractivity contribution < 1.29 is 14.2 Å². The summed E-state index contributed by atoms with van der Waals surface area (Å²) in [6.07, 6.45) is 1.78. The Morgan fingerprint density at radius 3 is 2.35 bits per heavy atom. The molecule has 1 aliphatic heterocycles. The first-order chi connectivity index (χ1) is 18.0. The van der Waals surface area contributed by atoms with Gasteiger partial charge in [-0.3, -0.25) is 4.79 Å². The summed E-state index contributed by atoms with van der Waals surface area (Å²) in [5.41, 5.74) is 5.16. The second-order valence-electron chi connectivity index (χ2n) is 8.79. The van der Waals surface area contributed by atoms with Crippen molar-refractivity contribution in [1.82, 2.24) is 9.78 Å². The third-order valence-corrected chi connectivity index (χ3v) is 6.28. The molecule has 7 nitrogen and oxygen atoms in total. The highest BCUT2D eigenvalue weighted by Gasteiger charge is 2.18. The number of nitrogens with zero attached hydrogens (tertiary/aromatic N) is 3. The fourth-order valence-electron chi connectivity index (χ4n) is 4.40. The van der Waals surface area contributed by atoms with Crippen LogP contribution in [0.1, 0.15) is 11.1 Å². The van der Waals surface area contributed by atoms with E-state index in [1.54, 1.807) is 27.4 Å². The van der Waals surface area contributed by atoms with Gasteiger partial charge in [0.1, 0.15) is 5.75 Å². The lowest BCUT2D eigenvalue weighted by Gasteiger charge is -2.29. The topological polar surface area (TPSA) is 65.8 Å². The molecule has 0 aliphatic carbocycles. The fraction of sp³-hybridized carbons (Fsp3) is 0.267. The molecule has 1 saturated heterocycles. The maximum absolute atomic E-state index is 13.6. The molecule has 0 saturated carbocycles. The lowest BCUT2D eigenvalue weighted by molar-refractivity contribution is 0.122. The van der Waals surface area contributed by atoms with Gasteiger partial charge in [0.05, 0.1) is 37.1 Å². The quantitative estimate of drug-likeness (QED) is 0.380. The molecular weight excluding hydrogens is 466 g/mol. The average Bonchev–Trinajstić information content (AvgIpc) is 2.94. The van der Waals surface area contributed by atoms with Crippen LogP contribution in [0.15, 0.2) is 72.0 Å². The zero-order valence-electron chi connectivity index (χ0n) is 21.9. The van der Waals surface area contributed by atoms with Gasteiger partial charge < -0.3 is 19.1 Å². The minimum absolute atomic E-state index is 0.145. The smallest absolute Gasteiger partial charge is 0.279 e. The van der Waals surface area contributed by atoms with E-state index in [1.165, 1.54) is 4.68 Å². The average molecular weight is 500 g/mol. The van der Waals surface area contributed by atoms with Gasteiger partial charge in [-0.2, -0.15) is 9.78 Å². The molecule has 5 rings (SSSR count). The van der Waals surface area contributed by atoms with Gasteiger partial charge in [0, 0.05) is 43.9 Å². The van der Waals surface area contributed by atoms with Crippen LogP contribution < -0.4 is 15.2 Å². The molecule has 0 radical (unpaired) electrons. The Hall–Kier alpha value is -3.94. The number of benzene rings is 3. The molecule has 0 amide bonds. The Morgan fingerprint density at radius 1 is 0.973 bits per heavy atom. The Labute approximate surface area is 217 Å². The minimum atomic E-state index is -0.145. The van der Waals surface area contributed by atoms with Crippen LogP contribution in [-0.4, -0.2) is 57.4 Å². The first-order valence-corrected chi connectivity index (χ1v) is 12.2. The van der Waals surface area contributed by atoms with Gasteiger partial charge in [0.2, 0.25) is 0 Å². The summed E-state index contributed by atoms with van der Waals surface area (Å²) in [4.78, 5) is 15.9. The van der Waals surface area contributed by atoms with Crippen molar-refractivity contribution in [3.05, 3.63) is 88.7 Å². The number of hydrogen-bond acceptors (Lipinski definition) is 6. The van der Waals surface area contributed by atoms with E-state index in [2.05, 4.69) is 22.3 Å². The normalized spacial score (nSPS) is 13.1. The molecule has 192 valence electrons. The van der Waals surface area contributed by atoms with Crippen LogP contribution in [0.4, 0.5) is 5.69 Å². The number of methoxy groups -OCH3 is 2. The van der Waals surface area contributed by atoms with E-state index in [1.807, 2.05) is 61.5 Å². The Bertz CT molecular complexity index is 1460. The summed E-state index contributed by atoms with van der Waals surface area (Å²) in [6.45, 7) is 8.94. The van der Waals surface area contributed by atoms with E-state index in [4.69, 9.17) is 14.6 Å². The second-order valence-corrected chi connectivity index (χ2v) is 8.79. The van der Waals surface area contributed by atoms with Crippen LogP contribution in [0.3, 0.4) is 0 Å². The van der Waals surface area contributed by atoms with Crippen molar-refractivity contribution in [2.24, 2.45) is 0 Å². The second kappa shape index (κ2) is 11.9. The highest BCUT2D eigenvalue weighted by atomic mass is 16.5. The molecule has 37 heavy (non-hydrogen) atoms. The number of fused-ring (bicyclic) bond motifs is 1. The Kier molecular flexibility index (Phi) is 8.38. The highest BCUT2D eigenvalue weighted by Crippen LogP contribution is 2.31. The van der Waals surface area contributed by atoms with Crippen molar-refractivity contribution in [2.45, 2.75) is 6.92 Å². The zero-order valence-corrected chi connectivity index (χ0v) is 21.9. The summed E-state index contributed by atoms with van der Waals surface area (Å²) >= 11 is 0. The summed E-state index contributed by atoms with van der Waals surface area (Å²) in [5.74, 6) is 0.710. The van der Waals surface area contributed by atoms with Crippen LogP contribution in [0, 0.1) is 6.92 Å². The number of morpholine rings is 1. The van der Waals surface area contributed by atoms with Crippen molar-refractivity contribution >= 4 is 22.5 Å². The molecule has 3 aromatic carbocycles. The van der Waals surface area contributed by atoms with E-state index in [0.717, 1.165) is 46.5 Å². The molecule has 2 heterocycles. The van der Waals surface area contributed by atoms with Gasteiger partial charge in [0.25, 0.3) is 5.56 Å². The van der Waals surface area contributed by atoms with Gasteiger partial charge in [-0.1, -0.05) is 36.9 Å².